The summed E-state index contributed by atoms with van der Waals surface area (Å²) in [4.78, 5) is 21.1. The standard InChI is InChI=1S/C23H32N2O2/c1-3-5-6-7-8-9-13-16-22-24-17-20(18-25-22)23(26)27-21(4-2)19-14-11-10-12-15-19/h10-12,14-15,17-18,21H,3-9,13,16H2,1-2H3. The molecule has 0 aliphatic heterocycles. The highest BCUT2D eigenvalue weighted by atomic mass is 16.5. The van der Waals surface area contributed by atoms with Gasteiger partial charge < -0.3 is 4.74 Å². The molecule has 0 aliphatic rings. The van der Waals surface area contributed by atoms with Gasteiger partial charge in [0.1, 0.15) is 11.9 Å². The van der Waals surface area contributed by atoms with Crippen molar-refractivity contribution in [2.24, 2.45) is 0 Å². The van der Waals surface area contributed by atoms with Crippen LogP contribution in [0.25, 0.3) is 0 Å². The molecule has 0 saturated carbocycles. The van der Waals surface area contributed by atoms with Crippen LogP contribution >= 0.6 is 0 Å². The summed E-state index contributed by atoms with van der Waals surface area (Å²) in [5, 5.41) is 0. The third-order valence-corrected chi connectivity index (χ3v) is 4.74. The summed E-state index contributed by atoms with van der Waals surface area (Å²) >= 11 is 0. The minimum Gasteiger partial charge on any atom is -0.454 e. The molecule has 1 aromatic heterocycles. The number of esters is 1. The van der Waals surface area contributed by atoms with Crippen LogP contribution in [0.4, 0.5) is 0 Å². The topological polar surface area (TPSA) is 52.1 Å². The Morgan fingerprint density at radius 3 is 2.19 bits per heavy atom. The van der Waals surface area contributed by atoms with E-state index in [1.54, 1.807) is 12.4 Å². The summed E-state index contributed by atoms with van der Waals surface area (Å²) < 4.78 is 5.64. The lowest BCUT2D eigenvalue weighted by molar-refractivity contribution is 0.0287. The third kappa shape index (κ3) is 7.49. The van der Waals surface area contributed by atoms with E-state index in [2.05, 4.69) is 16.9 Å². The molecule has 0 fully saturated rings. The molecule has 0 spiro atoms. The molecule has 2 rings (SSSR count). The van der Waals surface area contributed by atoms with E-state index in [4.69, 9.17) is 4.74 Å². The van der Waals surface area contributed by atoms with Gasteiger partial charge in [-0.15, -0.1) is 0 Å². The molecule has 1 atom stereocenters. The highest BCUT2D eigenvalue weighted by Gasteiger charge is 2.16. The molecule has 0 saturated heterocycles. The SMILES string of the molecule is CCCCCCCCCc1ncc(C(=O)OC(CC)c2ccccc2)cn1. The van der Waals surface area contributed by atoms with Gasteiger partial charge in [-0.2, -0.15) is 0 Å². The highest BCUT2D eigenvalue weighted by Crippen LogP contribution is 2.22. The first-order valence-corrected chi connectivity index (χ1v) is 10.3. The van der Waals surface area contributed by atoms with E-state index in [1.807, 2.05) is 37.3 Å². The Kier molecular flexibility index (Phi) is 9.53. The van der Waals surface area contributed by atoms with Gasteiger partial charge in [-0.1, -0.05) is 82.7 Å². The number of hydrogen-bond donors (Lipinski definition) is 0. The summed E-state index contributed by atoms with van der Waals surface area (Å²) in [5.74, 6) is 0.434. The second-order valence-electron chi connectivity index (χ2n) is 6.97. The predicted molar refractivity (Wildman–Crippen MR) is 109 cm³/mol. The molecule has 0 bridgehead atoms. The molecule has 27 heavy (non-hydrogen) atoms. The summed E-state index contributed by atoms with van der Waals surface area (Å²) in [5.41, 5.74) is 1.41. The molecule has 0 aliphatic carbocycles. The van der Waals surface area contributed by atoms with Crippen molar-refractivity contribution in [3.8, 4) is 0 Å². The van der Waals surface area contributed by atoms with Crippen molar-refractivity contribution in [1.29, 1.82) is 0 Å². The minimum atomic E-state index is -0.367. The van der Waals surface area contributed by atoms with E-state index in [9.17, 15) is 4.79 Å². The van der Waals surface area contributed by atoms with E-state index in [0.717, 1.165) is 30.7 Å². The van der Waals surface area contributed by atoms with Gasteiger partial charge in [-0.05, 0) is 18.4 Å². The van der Waals surface area contributed by atoms with Gasteiger partial charge in [0.2, 0.25) is 0 Å². The monoisotopic (exact) mass is 368 g/mol. The van der Waals surface area contributed by atoms with Gasteiger partial charge in [-0.3, -0.25) is 0 Å². The average Bonchev–Trinajstić information content (AvgIpc) is 2.72. The van der Waals surface area contributed by atoms with Crippen LogP contribution in [0, 0.1) is 0 Å². The van der Waals surface area contributed by atoms with E-state index < -0.39 is 0 Å². The van der Waals surface area contributed by atoms with Crippen LogP contribution in [-0.2, 0) is 11.2 Å². The Labute approximate surface area is 163 Å². The molecular weight excluding hydrogens is 336 g/mol. The lowest BCUT2D eigenvalue weighted by atomic mass is 10.1. The molecule has 146 valence electrons. The molecule has 0 amide bonds. The summed E-state index contributed by atoms with van der Waals surface area (Å²) in [6.07, 6.45) is 13.4. The van der Waals surface area contributed by atoms with Crippen LogP contribution in [0.2, 0.25) is 0 Å². The molecular formula is C23H32N2O2. The second kappa shape index (κ2) is 12.2. The fraction of sp³-hybridized carbons (Fsp3) is 0.522. The number of unbranched alkanes of at least 4 members (excludes halogenated alkanes) is 6. The van der Waals surface area contributed by atoms with Gasteiger partial charge in [0.05, 0.1) is 5.56 Å². The first-order valence-electron chi connectivity index (χ1n) is 10.3. The molecule has 4 heteroatoms. The maximum absolute atomic E-state index is 12.4. The Morgan fingerprint density at radius 1 is 0.926 bits per heavy atom. The van der Waals surface area contributed by atoms with E-state index in [-0.39, 0.29) is 12.1 Å². The minimum absolute atomic E-state index is 0.244. The van der Waals surface area contributed by atoms with Gasteiger partial charge >= 0.3 is 5.97 Å². The Balaban J connectivity index is 1.77. The molecule has 1 aromatic carbocycles. The van der Waals surface area contributed by atoms with Crippen LogP contribution in [0.1, 0.15) is 93.1 Å². The van der Waals surface area contributed by atoms with Crippen molar-refractivity contribution in [2.45, 2.75) is 77.7 Å². The number of aryl methyl sites for hydroxylation is 1. The first kappa shape index (κ1) is 21.1. The van der Waals surface area contributed by atoms with Gasteiger partial charge in [0.25, 0.3) is 0 Å². The molecule has 1 heterocycles. The number of ether oxygens (including phenoxy) is 1. The number of benzene rings is 1. The fourth-order valence-corrected chi connectivity index (χ4v) is 3.08. The number of rotatable bonds is 12. The number of carbonyl (C=O) groups is 1. The van der Waals surface area contributed by atoms with Crippen LogP contribution in [-0.4, -0.2) is 15.9 Å². The van der Waals surface area contributed by atoms with E-state index in [1.165, 1.54) is 38.5 Å². The number of hydrogen-bond acceptors (Lipinski definition) is 4. The van der Waals surface area contributed by atoms with Crippen LogP contribution in [0.3, 0.4) is 0 Å². The van der Waals surface area contributed by atoms with Crippen LogP contribution in [0.5, 0.6) is 0 Å². The Bertz CT molecular complexity index is 656. The van der Waals surface area contributed by atoms with Crippen molar-refractivity contribution in [1.82, 2.24) is 9.97 Å². The van der Waals surface area contributed by atoms with Crippen LogP contribution < -0.4 is 0 Å². The molecule has 4 nitrogen and oxygen atoms in total. The van der Waals surface area contributed by atoms with Crippen molar-refractivity contribution in [3.05, 3.63) is 59.7 Å². The maximum Gasteiger partial charge on any atom is 0.341 e. The lowest BCUT2D eigenvalue weighted by Gasteiger charge is -2.16. The fourth-order valence-electron chi connectivity index (χ4n) is 3.08. The smallest absolute Gasteiger partial charge is 0.341 e. The van der Waals surface area contributed by atoms with Crippen molar-refractivity contribution < 1.29 is 9.53 Å². The molecule has 0 N–H and O–H groups in total. The zero-order chi connectivity index (χ0) is 19.3. The maximum atomic E-state index is 12.4. The summed E-state index contributed by atoms with van der Waals surface area (Å²) in [6.45, 7) is 4.24. The number of nitrogens with zero attached hydrogens (tertiary/aromatic N) is 2. The third-order valence-electron chi connectivity index (χ3n) is 4.74. The normalized spacial score (nSPS) is 11.9. The zero-order valence-electron chi connectivity index (χ0n) is 16.7. The molecule has 1 unspecified atom stereocenters. The van der Waals surface area contributed by atoms with Gasteiger partial charge in [-0.25, -0.2) is 14.8 Å². The van der Waals surface area contributed by atoms with Gasteiger partial charge in [0, 0.05) is 18.8 Å². The first-order chi connectivity index (χ1) is 13.2. The quantitative estimate of drug-likeness (QED) is 0.336. The summed E-state index contributed by atoms with van der Waals surface area (Å²) in [6, 6.07) is 9.81. The van der Waals surface area contributed by atoms with Crippen molar-refractivity contribution in [3.63, 3.8) is 0 Å². The Hall–Kier alpha value is -2.23. The Morgan fingerprint density at radius 2 is 1.56 bits per heavy atom. The average molecular weight is 369 g/mol. The number of carbonyl (C=O) groups excluding carboxylic acids is 1. The molecule has 2 aromatic rings. The lowest BCUT2D eigenvalue weighted by Crippen LogP contribution is -2.12. The van der Waals surface area contributed by atoms with Crippen LogP contribution in [0.15, 0.2) is 42.7 Å². The summed E-state index contributed by atoms with van der Waals surface area (Å²) in [7, 11) is 0. The largest absolute Gasteiger partial charge is 0.454 e. The predicted octanol–water partition coefficient (Wildman–Crippen LogP) is 6.08. The van der Waals surface area contributed by atoms with E-state index >= 15 is 0 Å². The second-order valence-corrected chi connectivity index (χ2v) is 6.97. The highest BCUT2D eigenvalue weighted by molar-refractivity contribution is 5.88. The zero-order valence-corrected chi connectivity index (χ0v) is 16.7. The van der Waals surface area contributed by atoms with Crippen molar-refractivity contribution >= 4 is 5.97 Å². The van der Waals surface area contributed by atoms with Gasteiger partial charge in [0.15, 0.2) is 0 Å². The van der Waals surface area contributed by atoms with Crippen molar-refractivity contribution in [2.75, 3.05) is 0 Å². The molecule has 0 radical (unpaired) electrons. The van der Waals surface area contributed by atoms with E-state index in [0.29, 0.717) is 5.56 Å². The number of aromatic nitrogens is 2.